The molecule has 1 heterocycles. The van der Waals surface area contributed by atoms with Gasteiger partial charge in [0.25, 0.3) is 0 Å². The molecule has 0 spiro atoms. The van der Waals surface area contributed by atoms with E-state index in [1.807, 2.05) is 0 Å². The molecule has 0 saturated carbocycles. The summed E-state index contributed by atoms with van der Waals surface area (Å²) in [7, 11) is 1.80. The Bertz CT molecular complexity index is 717. The predicted octanol–water partition coefficient (Wildman–Crippen LogP) is 3.57. The molecule has 5 nitrogen and oxygen atoms in total. The zero-order valence-electron chi connectivity index (χ0n) is 15.9. The summed E-state index contributed by atoms with van der Waals surface area (Å²) >= 11 is 0. The molecule has 1 atom stereocenters. The molecule has 0 bridgehead atoms. The predicted molar refractivity (Wildman–Crippen MR) is 122 cm³/mol. The van der Waals surface area contributed by atoms with Crippen LogP contribution in [-0.4, -0.2) is 46.0 Å². The van der Waals surface area contributed by atoms with Crippen molar-refractivity contribution >= 4 is 40.7 Å². The Balaban J connectivity index is 0.00000261. The normalized spacial score (nSPS) is 16.9. The summed E-state index contributed by atoms with van der Waals surface area (Å²) in [5, 5.41) is 9.24. The smallest absolute Gasteiger partial charge is 0.191 e. The summed E-state index contributed by atoms with van der Waals surface area (Å²) in [6, 6.07) is 15.0. The summed E-state index contributed by atoms with van der Waals surface area (Å²) < 4.78 is 11.1. The minimum Gasteiger partial charge on any atom is -0.381 e. The molecule has 0 aromatic heterocycles. The van der Waals surface area contributed by atoms with Crippen molar-refractivity contribution in [2.75, 3.05) is 40.0 Å². The highest BCUT2D eigenvalue weighted by molar-refractivity contribution is 14.0. The zero-order valence-corrected chi connectivity index (χ0v) is 18.3. The molecule has 1 unspecified atom stereocenters. The fraction of sp³-hybridized carbons (Fsp3) is 0.476. The van der Waals surface area contributed by atoms with Gasteiger partial charge in [0.05, 0.1) is 13.2 Å². The molecule has 27 heavy (non-hydrogen) atoms. The summed E-state index contributed by atoms with van der Waals surface area (Å²) in [5.74, 6) is 1.40. The molecule has 3 rings (SSSR count). The maximum Gasteiger partial charge on any atom is 0.191 e. The third kappa shape index (κ3) is 7.27. The van der Waals surface area contributed by atoms with Gasteiger partial charge in [-0.05, 0) is 35.2 Å². The van der Waals surface area contributed by atoms with Crippen molar-refractivity contribution in [2.24, 2.45) is 10.9 Å². The van der Waals surface area contributed by atoms with E-state index >= 15 is 0 Å². The van der Waals surface area contributed by atoms with E-state index in [4.69, 9.17) is 9.47 Å². The van der Waals surface area contributed by atoms with Gasteiger partial charge in [0, 0.05) is 39.3 Å². The Kier molecular flexibility index (Phi) is 9.86. The highest BCUT2D eigenvalue weighted by atomic mass is 127. The van der Waals surface area contributed by atoms with Crippen LogP contribution < -0.4 is 10.6 Å². The van der Waals surface area contributed by atoms with Gasteiger partial charge in [0.1, 0.15) is 0 Å². The topological polar surface area (TPSA) is 54.9 Å². The van der Waals surface area contributed by atoms with Crippen LogP contribution >= 0.6 is 24.0 Å². The maximum absolute atomic E-state index is 5.72. The number of fused-ring (bicyclic) bond motifs is 1. The number of benzene rings is 2. The average molecular weight is 483 g/mol. The lowest BCUT2D eigenvalue weighted by Gasteiger charge is -2.13. The van der Waals surface area contributed by atoms with Gasteiger partial charge in [-0.3, -0.25) is 4.99 Å². The van der Waals surface area contributed by atoms with Gasteiger partial charge in [-0.15, -0.1) is 24.0 Å². The van der Waals surface area contributed by atoms with Crippen molar-refractivity contribution in [3.63, 3.8) is 0 Å². The minimum absolute atomic E-state index is 0. The van der Waals surface area contributed by atoms with Gasteiger partial charge < -0.3 is 20.1 Å². The van der Waals surface area contributed by atoms with Crippen LogP contribution in [0.2, 0.25) is 0 Å². The number of halogens is 1. The van der Waals surface area contributed by atoms with E-state index in [0.29, 0.717) is 5.92 Å². The molecule has 1 fully saturated rings. The quantitative estimate of drug-likeness (QED) is 0.261. The van der Waals surface area contributed by atoms with E-state index in [9.17, 15) is 0 Å². The Morgan fingerprint density at radius 1 is 1.19 bits per heavy atom. The van der Waals surface area contributed by atoms with Crippen molar-refractivity contribution in [2.45, 2.75) is 19.4 Å². The van der Waals surface area contributed by atoms with Crippen LogP contribution in [0.3, 0.4) is 0 Å². The molecule has 0 amide bonds. The van der Waals surface area contributed by atoms with Crippen LogP contribution in [0.1, 0.15) is 18.4 Å². The minimum atomic E-state index is 0. The Hall–Kier alpha value is -1.38. The number of aliphatic imine (C=N–C) groups is 1. The van der Waals surface area contributed by atoms with E-state index in [0.717, 1.165) is 58.3 Å². The van der Waals surface area contributed by atoms with Crippen LogP contribution in [-0.2, 0) is 16.0 Å². The van der Waals surface area contributed by atoms with Crippen LogP contribution in [0.4, 0.5) is 0 Å². The lowest BCUT2D eigenvalue weighted by atomic mass is 10.1. The molecule has 148 valence electrons. The first-order valence-corrected chi connectivity index (χ1v) is 9.43. The summed E-state index contributed by atoms with van der Waals surface area (Å²) in [4.78, 5) is 4.28. The molecule has 2 N–H and O–H groups in total. The van der Waals surface area contributed by atoms with Gasteiger partial charge in [-0.2, -0.15) is 0 Å². The second kappa shape index (κ2) is 12.2. The van der Waals surface area contributed by atoms with Gasteiger partial charge >= 0.3 is 0 Å². The van der Waals surface area contributed by atoms with Gasteiger partial charge in [-0.1, -0.05) is 36.4 Å². The number of hydrogen-bond acceptors (Lipinski definition) is 3. The highest BCUT2D eigenvalue weighted by Gasteiger charge is 2.15. The Morgan fingerprint density at radius 3 is 2.81 bits per heavy atom. The SMILES string of the molecule is CN=C(NCCCOCC1CCOC1)NCc1ccc2ccccc2c1.I. The van der Waals surface area contributed by atoms with Gasteiger partial charge in [0.2, 0.25) is 0 Å². The monoisotopic (exact) mass is 483 g/mol. The van der Waals surface area contributed by atoms with Crippen LogP contribution in [0.5, 0.6) is 0 Å². The molecular formula is C21H30IN3O2. The third-order valence-electron chi connectivity index (χ3n) is 4.63. The zero-order chi connectivity index (χ0) is 18.0. The molecular weight excluding hydrogens is 453 g/mol. The van der Waals surface area contributed by atoms with Crippen molar-refractivity contribution in [1.29, 1.82) is 0 Å². The standard InChI is InChI=1S/C21H29N3O2.HI/c1-22-21(23-10-4-11-25-15-18-9-12-26-16-18)24-14-17-7-8-19-5-2-3-6-20(19)13-17;/h2-3,5-8,13,18H,4,9-12,14-16H2,1H3,(H2,22,23,24);1H. The summed E-state index contributed by atoms with van der Waals surface area (Å²) in [6.07, 6.45) is 2.09. The van der Waals surface area contributed by atoms with Crippen molar-refractivity contribution in [3.05, 3.63) is 48.0 Å². The maximum atomic E-state index is 5.72. The van der Waals surface area contributed by atoms with Crippen molar-refractivity contribution in [1.82, 2.24) is 10.6 Å². The van der Waals surface area contributed by atoms with Gasteiger partial charge in [-0.25, -0.2) is 0 Å². The first-order valence-electron chi connectivity index (χ1n) is 9.43. The average Bonchev–Trinajstić information content (AvgIpc) is 3.20. The molecule has 2 aromatic carbocycles. The molecule has 1 aliphatic rings. The highest BCUT2D eigenvalue weighted by Crippen LogP contribution is 2.15. The number of nitrogens with one attached hydrogen (secondary N) is 2. The molecule has 1 aliphatic heterocycles. The second-order valence-corrected chi connectivity index (χ2v) is 6.69. The molecule has 0 aliphatic carbocycles. The molecule has 1 saturated heterocycles. The number of nitrogens with zero attached hydrogens (tertiary/aromatic N) is 1. The van der Waals surface area contributed by atoms with Crippen molar-refractivity contribution in [3.8, 4) is 0 Å². The lowest BCUT2D eigenvalue weighted by Crippen LogP contribution is -2.37. The van der Waals surface area contributed by atoms with Crippen LogP contribution in [0.15, 0.2) is 47.5 Å². The van der Waals surface area contributed by atoms with E-state index in [-0.39, 0.29) is 24.0 Å². The molecule has 0 radical (unpaired) electrons. The molecule has 6 heteroatoms. The van der Waals surface area contributed by atoms with E-state index in [1.54, 1.807) is 7.05 Å². The summed E-state index contributed by atoms with van der Waals surface area (Å²) in [5.41, 5.74) is 1.24. The number of guanidine groups is 1. The van der Waals surface area contributed by atoms with E-state index < -0.39 is 0 Å². The van der Waals surface area contributed by atoms with E-state index in [1.165, 1.54) is 16.3 Å². The Morgan fingerprint density at radius 2 is 2.04 bits per heavy atom. The number of hydrogen-bond donors (Lipinski definition) is 2. The first-order chi connectivity index (χ1) is 12.8. The number of ether oxygens (including phenoxy) is 2. The number of rotatable bonds is 8. The Labute approximate surface area is 178 Å². The van der Waals surface area contributed by atoms with Crippen molar-refractivity contribution < 1.29 is 9.47 Å². The lowest BCUT2D eigenvalue weighted by molar-refractivity contribution is 0.0888. The second-order valence-electron chi connectivity index (χ2n) is 6.69. The molecule has 2 aromatic rings. The van der Waals surface area contributed by atoms with E-state index in [2.05, 4.69) is 58.1 Å². The first kappa shape index (κ1) is 21.9. The van der Waals surface area contributed by atoms with Crippen LogP contribution in [0.25, 0.3) is 10.8 Å². The fourth-order valence-electron chi connectivity index (χ4n) is 3.10. The van der Waals surface area contributed by atoms with Gasteiger partial charge in [0.15, 0.2) is 5.96 Å². The fourth-order valence-corrected chi connectivity index (χ4v) is 3.10. The third-order valence-corrected chi connectivity index (χ3v) is 4.63. The summed E-state index contributed by atoms with van der Waals surface area (Å²) in [6.45, 7) is 4.92. The van der Waals surface area contributed by atoms with Crippen LogP contribution in [0, 0.1) is 5.92 Å². The largest absolute Gasteiger partial charge is 0.381 e.